The number of alkyl halides is 1. The Hall–Kier alpha value is -2.02. The highest BCUT2D eigenvalue weighted by molar-refractivity contribution is 7.53. The van der Waals surface area contributed by atoms with Gasteiger partial charge in [-0.1, -0.05) is 0 Å². The number of carbonyl (C=O) groups excluding carboxylic acids is 1. The van der Waals surface area contributed by atoms with Gasteiger partial charge in [-0.2, -0.15) is 0 Å². The number of hydrogen-bond acceptors (Lipinski definition) is 9. The van der Waals surface area contributed by atoms with Gasteiger partial charge in [-0.05, 0) is 13.8 Å². The maximum atomic E-state index is 14.7. The maximum Gasteiger partial charge on any atom is 0.361 e. The SMILES string of the molecule is CC(=O)[C@H](OC[C@H]1O[C@@H](n2cnc3c(N)nc(C)nc32)[C@@H](F)[C@@H]1O)P(=O)(O)O. The first-order chi connectivity index (χ1) is 13.0. The number of nitrogens with two attached hydrogens (primary N) is 1. The molecule has 0 unspecified atom stereocenters. The first kappa shape index (κ1) is 20.7. The van der Waals surface area contributed by atoms with Crippen LogP contribution in [-0.4, -0.2) is 71.0 Å². The molecule has 0 aliphatic carbocycles. The molecule has 5 N–H and O–H groups in total. The summed E-state index contributed by atoms with van der Waals surface area (Å²) >= 11 is 0. The summed E-state index contributed by atoms with van der Waals surface area (Å²) in [7, 11) is -4.88. The Balaban J connectivity index is 1.81. The third-order valence-electron chi connectivity index (χ3n) is 4.20. The van der Waals surface area contributed by atoms with Crippen LogP contribution in [0.4, 0.5) is 10.2 Å². The smallest absolute Gasteiger partial charge is 0.361 e. The van der Waals surface area contributed by atoms with Gasteiger partial charge in [0.25, 0.3) is 0 Å². The summed E-state index contributed by atoms with van der Waals surface area (Å²) in [4.78, 5) is 41.8. The molecular weight excluding hydrogens is 400 g/mol. The molecular formula is C14H19FN5O7P. The van der Waals surface area contributed by atoms with E-state index in [9.17, 15) is 18.9 Å². The Labute approximate surface area is 157 Å². The van der Waals surface area contributed by atoms with Gasteiger partial charge < -0.3 is 30.1 Å². The molecule has 2 aromatic heterocycles. The third kappa shape index (κ3) is 3.77. The zero-order valence-corrected chi connectivity index (χ0v) is 15.7. The number of Topliss-reactive ketones (excluding diaryl/α,β-unsaturated/α-hetero) is 1. The zero-order valence-electron chi connectivity index (χ0n) is 14.8. The van der Waals surface area contributed by atoms with Crippen molar-refractivity contribution in [2.75, 3.05) is 12.3 Å². The van der Waals surface area contributed by atoms with Crippen molar-refractivity contribution in [3.63, 3.8) is 0 Å². The molecule has 5 atom stereocenters. The number of ether oxygens (including phenoxy) is 2. The normalized spacial score (nSPS) is 26.6. The number of fused-ring (bicyclic) bond motifs is 1. The summed E-state index contributed by atoms with van der Waals surface area (Å²) in [6, 6.07) is 0. The maximum absolute atomic E-state index is 14.7. The average Bonchev–Trinajstić information content (AvgIpc) is 3.09. The molecule has 0 bridgehead atoms. The summed E-state index contributed by atoms with van der Waals surface area (Å²) in [6.07, 6.45) is -4.99. The number of nitrogen functional groups attached to an aromatic ring is 1. The number of aliphatic hydroxyl groups is 1. The van der Waals surface area contributed by atoms with Crippen molar-refractivity contribution in [3.8, 4) is 0 Å². The lowest BCUT2D eigenvalue weighted by atomic mass is 10.1. The zero-order chi connectivity index (χ0) is 20.8. The molecule has 14 heteroatoms. The van der Waals surface area contributed by atoms with Crippen LogP contribution >= 0.6 is 7.60 Å². The van der Waals surface area contributed by atoms with E-state index in [-0.39, 0.29) is 17.0 Å². The number of aromatic nitrogens is 4. The van der Waals surface area contributed by atoms with Gasteiger partial charge in [-0.3, -0.25) is 13.9 Å². The number of hydrogen-bond donors (Lipinski definition) is 4. The van der Waals surface area contributed by atoms with Crippen LogP contribution in [0.5, 0.6) is 0 Å². The summed E-state index contributed by atoms with van der Waals surface area (Å²) in [5.74, 6) is -2.50. The second-order valence-electron chi connectivity index (χ2n) is 6.37. The first-order valence-corrected chi connectivity index (χ1v) is 9.80. The molecule has 0 spiro atoms. The van der Waals surface area contributed by atoms with Crippen LogP contribution < -0.4 is 5.73 Å². The molecule has 1 saturated heterocycles. The van der Waals surface area contributed by atoms with E-state index < -0.39 is 50.4 Å². The number of imidazole rings is 1. The number of aliphatic hydroxyl groups excluding tert-OH is 1. The van der Waals surface area contributed by atoms with Crippen molar-refractivity contribution in [2.24, 2.45) is 0 Å². The van der Waals surface area contributed by atoms with E-state index in [1.54, 1.807) is 6.92 Å². The largest absolute Gasteiger partial charge is 0.387 e. The Kier molecular flexibility index (Phi) is 5.49. The van der Waals surface area contributed by atoms with Crippen molar-refractivity contribution in [3.05, 3.63) is 12.2 Å². The lowest BCUT2D eigenvalue weighted by Crippen LogP contribution is -2.34. The second-order valence-corrected chi connectivity index (χ2v) is 8.01. The molecule has 0 amide bonds. The van der Waals surface area contributed by atoms with E-state index in [0.717, 1.165) is 6.92 Å². The fourth-order valence-corrected chi connectivity index (χ4v) is 3.69. The van der Waals surface area contributed by atoms with Gasteiger partial charge in [0.05, 0.1) is 12.9 Å². The molecule has 0 radical (unpaired) electrons. The second kappa shape index (κ2) is 7.43. The van der Waals surface area contributed by atoms with Gasteiger partial charge in [-0.25, -0.2) is 19.3 Å². The van der Waals surface area contributed by atoms with Gasteiger partial charge >= 0.3 is 7.60 Å². The molecule has 12 nitrogen and oxygen atoms in total. The number of nitrogens with zero attached hydrogens (tertiary/aromatic N) is 4. The van der Waals surface area contributed by atoms with Crippen LogP contribution in [0, 0.1) is 6.92 Å². The first-order valence-electron chi connectivity index (χ1n) is 8.12. The van der Waals surface area contributed by atoms with E-state index >= 15 is 0 Å². The Morgan fingerprint density at radius 2 is 2.18 bits per heavy atom. The lowest BCUT2D eigenvalue weighted by Gasteiger charge is -2.20. The minimum Gasteiger partial charge on any atom is -0.387 e. The molecule has 1 aliphatic rings. The van der Waals surface area contributed by atoms with Gasteiger partial charge in [-0.15, -0.1) is 0 Å². The van der Waals surface area contributed by atoms with Crippen LogP contribution in [0.15, 0.2) is 6.33 Å². The number of rotatable bonds is 6. The van der Waals surface area contributed by atoms with E-state index in [2.05, 4.69) is 15.0 Å². The number of ketones is 1. The van der Waals surface area contributed by atoms with Crippen LogP contribution in [-0.2, 0) is 18.8 Å². The molecule has 1 aliphatic heterocycles. The van der Waals surface area contributed by atoms with Crippen molar-refractivity contribution < 1.29 is 38.1 Å². The Bertz CT molecular complexity index is 950. The number of halogens is 1. The minimum atomic E-state index is -4.88. The summed E-state index contributed by atoms with van der Waals surface area (Å²) < 4.78 is 37.6. The van der Waals surface area contributed by atoms with Crippen molar-refractivity contribution >= 4 is 30.4 Å². The van der Waals surface area contributed by atoms with Crippen LogP contribution in [0.1, 0.15) is 19.0 Å². The number of aryl methyl sites for hydroxylation is 1. The predicted octanol–water partition coefficient (Wildman–Crippen LogP) is -0.577. The van der Waals surface area contributed by atoms with E-state index in [0.29, 0.717) is 5.82 Å². The molecule has 0 saturated carbocycles. The predicted molar refractivity (Wildman–Crippen MR) is 91.8 cm³/mol. The third-order valence-corrected chi connectivity index (χ3v) is 5.32. The summed E-state index contributed by atoms with van der Waals surface area (Å²) in [6.45, 7) is 1.92. The fourth-order valence-electron chi connectivity index (χ4n) is 2.94. The highest BCUT2D eigenvalue weighted by Gasteiger charge is 2.47. The minimum absolute atomic E-state index is 0.0982. The van der Waals surface area contributed by atoms with E-state index in [1.165, 1.54) is 10.9 Å². The monoisotopic (exact) mass is 419 g/mol. The number of anilines is 1. The molecule has 2 aromatic rings. The van der Waals surface area contributed by atoms with Gasteiger partial charge in [0.15, 0.2) is 29.6 Å². The van der Waals surface area contributed by atoms with Crippen molar-refractivity contribution in [1.29, 1.82) is 0 Å². The van der Waals surface area contributed by atoms with Crippen LogP contribution in [0.2, 0.25) is 0 Å². The van der Waals surface area contributed by atoms with Gasteiger partial charge in [0.1, 0.15) is 23.5 Å². The van der Waals surface area contributed by atoms with E-state index in [1.807, 2.05) is 0 Å². The van der Waals surface area contributed by atoms with Crippen molar-refractivity contribution in [1.82, 2.24) is 19.5 Å². The van der Waals surface area contributed by atoms with Crippen molar-refractivity contribution in [2.45, 2.75) is 44.3 Å². The molecule has 1 fully saturated rings. The molecule has 3 heterocycles. The summed E-state index contributed by atoms with van der Waals surface area (Å²) in [5, 5.41) is 10.1. The van der Waals surface area contributed by atoms with Crippen LogP contribution in [0.25, 0.3) is 11.2 Å². The molecule has 3 rings (SSSR count). The topological polar surface area (TPSA) is 183 Å². The highest BCUT2D eigenvalue weighted by Crippen LogP contribution is 2.43. The quantitative estimate of drug-likeness (QED) is 0.440. The van der Waals surface area contributed by atoms with E-state index in [4.69, 9.17) is 25.0 Å². The molecule has 0 aromatic carbocycles. The average molecular weight is 419 g/mol. The molecule has 154 valence electrons. The molecule has 28 heavy (non-hydrogen) atoms. The van der Waals surface area contributed by atoms with Gasteiger partial charge in [0, 0.05) is 0 Å². The fraction of sp³-hybridized carbons (Fsp3) is 0.571. The lowest BCUT2D eigenvalue weighted by molar-refractivity contribution is -0.128. The Morgan fingerprint density at radius 1 is 1.50 bits per heavy atom. The standard InChI is InChI=1S/C14H19FN5O7P/c1-5(21)14(28(23,24)25)26-3-7-10(22)8(15)13(27-7)20-4-17-9-11(16)18-6(2)19-12(9)20/h4,7-8,10,13-14,22H,3H2,1-2H3,(H2,16,18,19)(H2,23,24,25)/t7-,8+,10-,13-,14-/m1/s1. The number of carbonyl (C=O) groups is 1. The van der Waals surface area contributed by atoms with Crippen LogP contribution in [0.3, 0.4) is 0 Å². The van der Waals surface area contributed by atoms with Gasteiger partial charge in [0.2, 0.25) is 5.85 Å². The summed E-state index contributed by atoms with van der Waals surface area (Å²) in [5.41, 5.74) is 6.20. The highest BCUT2D eigenvalue weighted by atomic mass is 31.2. The Morgan fingerprint density at radius 3 is 2.79 bits per heavy atom.